The van der Waals surface area contributed by atoms with Crippen molar-refractivity contribution >= 4 is 10.9 Å². The van der Waals surface area contributed by atoms with E-state index >= 15 is 0 Å². The molecule has 1 aromatic carbocycles. The maximum absolute atomic E-state index is 10.1. The number of aliphatic hydroxyl groups is 3. The van der Waals surface area contributed by atoms with Crippen LogP contribution in [0.25, 0.3) is 10.9 Å². The number of H-pyrrole nitrogens is 1. The van der Waals surface area contributed by atoms with Crippen molar-refractivity contribution in [2.45, 2.75) is 57.9 Å². The number of hydrogen-bond donors (Lipinski definition) is 4. The minimum Gasteiger partial charge on any atom is -0.462 e. The largest absolute Gasteiger partial charge is 0.462 e. The average Bonchev–Trinajstić information content (AvgIpc) is 3.07. The minimum absolute atomic E-state index is 0.527. The number of fused-ring (bicyclic) bond motifs is 1. The summed E-state index contributed by atoms with van der Waals surface area (Å²) < 4.78 is 11.2. The number of aromatic amines is 1. The lowest BCUT2D eigenvalue weighted by Crippen LogP contribution is -2.58. The van der Waals surface area contributed by atoms with Crippen LogP contribution in [0.2, 0.25) is 0 Å². The monoisotopic (exact) mass is 378 g/mol. The van der Waals surface area contributed by atoms with E-state index in [9.17, 15) is 15.3 Å². The SMILES string of the molecule is CCN(CC)CCc1c[nH]c2cc(OC3OC(C)C(O)C(O)C3O)ccc12. The first kappa shape index (κ1) is 20.1. The van der Waals surface area contributed by atoms with Gasteiger partial charge in [-0.1, -0.05) is 13.8 Å². The maximum atomic E-state index is 10.1. The Morgan fingerprint density at radius 3 is 2.56 bits per heavy atom. The Labute approximate surface area is 159 Å². The van der Waals surface area contributed by atoms with Gasteiger partial charge in [0.1, 0.15) is 24.1 Å². The van der Waals surface area contributed by atoms with Crippen molar-refractivity contribution in [3.8, 4) is 5.75 Å². The summed E-state index contributed by atoms with van der Waals surface area (Å²) in [5.74, 6) is 0.527. The van der Waals surface area contributed by atoms with Gasteiger partial charge in [-0.05, 0) is 44.1 Å². The van der Waals surface area contributed by atoms with Gasteiger partial charge in [-0.2, -0.15) is 0 Å². The zero-order valence-electron chi connectivity index (χ0n) is 16.1. The van der Waals surface area contributed by atoms with E-state index in [1.807, 2.05) is 24.4 Å². The Bertz CT molecular complexity index is 745. The molecule has 7 nitrogen and oxygen atoms in total. The summed E-state index contributed by atoms with van der Waals surface area (Å²) in [5.41, 5.74) is 2.20. The van der Waals surface area contributed by atoms with Crippen LogP contribution in [0.1, 0.15) is 26.3 Å². The number of nitrogens with zero attached hydrogens (tertiary/aromatic N) is 1. The van der Waals surface area contributed by atoms with E-state index in [1.54, 1.807) is 6.92 Å². The van der Waals surface area contributed by atoms with Crippen LogP contribution in [-0.2, 0) is 11.2 Å². The van der Waals surface area contributed by atoms with Gasteiger partial charge in [-0.3, -0.25) is 0 Å². The Hall–Kier alpha value is -1.64. The smallest absolute Gasteiger partial charge is 0.229 e. The summed E-state index contributed by atoms with van der Waals surface area (Å²) in [7, 11) is 0. The third-order valence-corrected chi connectivity index (χ3v) is 5.39. The van der Waals surface area contributed by atoms with E-state index in [0.29, 0.717) is 5.75 Å². The Kier molecular flexibility index (Phi) is 6.39. The topological polar surface area (TPSA) is 98.2 Å². The molecule has 1 aliphatic heterocycles. The molecule has 0 spiro atoms. The van der Waals surface area contributed by atoms with Crippen LogP contribution in [0.4, 0.5) is 0 Å². The lowest BCUT2D eigenvalue weighted by Gasteiger charge is -2.38. The molecular weight excluding hydrogens is 348 g/mol. The Balaban J connectivity index is 1.70. The molecule has 2 aromatic rings. The number of ether oxygens (including phenoxy) is 2. The van der Waals surface area contributed by atoms with Gasteiger partial charge < -0.3 is 34.7 Å². The lowest BCUT2D eigenvalue weighted by molar-refractivity contribution is -0.268. The molecule has 0 saturated carbocycles. The summed E-state index contributed by atoms with van der Waals surface area (Å²) in [5, 5.41) is 30.9. The van der Waals surface area contributed by atoms with Crippen molar-refractivity contribution < 1.29 is 24.8 Å². The number of benzene rings is 1. The number of aromatic nitrogens is 1. The first-order chi connectivity index (χ1) is 12.9. The fourth-order valence-electron chi connectivity index (χ4n) is 3.51. The van der Waals surface area contributed by atoms with Crippen molar-refractivity contribution in [3.63, 3.8) is 0 Å². The van der Waals surface area contributed by atoms with Gasteiger partial charge in [-0.15, -0.1) is 0 Å². The second-order valence-corrected chi connectivity index (χ2v) is 7.10. The quantitative estimate of drug-likeness (QED) is 0.579. The predicted molar refractivity (Wildman–Crippen MR) is 103 cm³/mol. The zero-order valence-corrected chi connectivity index (χ0v) is 16.1. The van der Waals surface area contributed by atoms with Crippen LogP contribution in [-0.4, -0.2) is 75.5 Å². The molecule has 0 aliphatic carbocycles. The first-order valence-corrected chi connectivity index (χ1v) is 9.63. The molecule has 7 heteroatoms. The van der Waals surface area contributed by atoms with Crippen LogP contribution >= 0.6 is 0 Å². The average molecular weight is 378 g/mol. The number of likely N-dealkylation sites (N-methyl/N-ethyl adjacent to an activating group) is 1. The molecule has 5 atom stereocenters. The summed E-state index contributed by atoms with van der Waals surface area (Å²) in [6.07, 6.45) is -2.44. The molecule has 1 fully saturated rings. The second kappa shape index (κ2) is 8.58. The van der Waals surface area contributed by atoms with Crippen LogP contribution in [0.3, 0.4) is 0 Å². The number of aliphatic hydroxyl groups excluding tert-OH is 3. The van der Waals surface area contributed by atoms with Gasteiger partial charge in [0.15, 0.2) is 0 Å². The predicted octanol–water partition coefficient (Wildman–Crippen LogP) is 1.26. The van der Waals surface area contributed by atoms with E-state index in [2.05, 4.69) is 23.7 Å². The van der Waals surface area contributed by atoms with Crippen molar-refractivity contribution in [1.82, 2.24) is 9.88 Å². The third kappa shape index (κ3) is 4.28. The Morgan fingerprint density at radius 2 is 1.85 bits per heavy atom. The van der Waals surface area contributed by atoms with Crippen molar-refractivity contribution in [1.29, 1.82) is 0 Å². The fraction of sp³-hybridized carbons (Fsp3) is 0.600. The fourth-order valence-corrected chi connectivity index (χ4v) is 3.51. The van der Waals surface area contributed by atoms with Crippen LogP contribution < -0.4 is 4.74 Å². The molecule has 27 heavy (non-hydrogen) atoms. The molecule has 0 amide bonds. The van der Waals surface area contributed by atoms with Crippen molar-refractivity contribution in [2.24, 2.45) is 0 Å². The molecular formula is C20H30N2O5. The molecule has 0 bridgehead atoms. The number of hydrogen-bond acceptors (Lipinski definition) is 6. The van der Waals surface area contributed by atoms with Crippen molar-refractivity contribution in [3.05, 3.63) is 30.0 Å². The number of nitrogens with one attached hydrogen (secondary N) is 1. The highest BCUT2D eigenvalue weighted by molar-refractivity contribution is 5.84. The highest BCUT2D eigenvalue weighted by Gasteiger charge is 2.43. The Morgan fingerprint density at radius 1 is 1.11 bits per heavy atom. The summed E-state index contributed by atoms with van der Waals surface area (Å²) in [6.45, 7) is 9.06. The standard InChI is InChI=1S/C20H30N2O5/c1-4-22(5-2)9-8-13-11-21-16-10-14(6-7-15(13)16)27-20-19(25)18(24)17(23)12(3)26-20/h6-7,10-12,17-21,23-25H,4-5,8-9H2,1-3H3. The highest BCUT2D eigenvalue weighted by atomic mass is 16.7. The molecule has 2 heterocycles. The van der Waals surface area contributed by atoms with Gasteiger partial charge in [0.2, 0.25) is 6.29 Å². The zero-order chi connectivity index (χ0) is 19.6. The lowest BCUT2D eigenvalue weighted by atomic mass is 10.00. The van der Waals surface area contributed by atoms with Gasteiger partial charge in [0.25, 0.3) is 0 Å². The molecule has 4 N–H and O–H groups in total. The molecule has 1 saturated heterocycles. The van der Waals surface area contributed by atoms with Gasteiger partial charge >= 0.3 is 0 Å². The normalized spacial score (nSPS) is 28.8. The van der Waals surface area contributed by atoms with Gasteiger partial charge in [0.05, 0.1) is 6.10 Å². The van der Waals surface area contributed by atoms with E-state index in [0.717, 1.165) is 37.0 Å². The van der Waals surface area contributed by atoms with Crippen LogP contribution in [0.15, 0.2) is 24.4 Å². The van der Waals surface area contributed by atoms with E-state index in [4.69, 9.17) is 9.47 Å². The van der Waals surface area contributed by atoms with E-state index < -0.39 is 30.7 Å². The minimum atomic E-state index is -1.32. The summed E-state index contributed by atoms with van der Waals surface area (Å²) in [4.78, 5) is 5.66. The van der Waals surface area contributed by atoms with Crippen LogP contribution in [0, 0.1) is 0 Å². The van der Waals surface area contributed by atoms with Crippen LogP contribution in [0.5, 0.6) is 5.75 Å². The second-order valence-electron chi connectivity index (χ2n) is 7.10. The molecule has 5 unspecified atom stereocenters. The van der Waals surface area contributed by atoms with E-state index in [-0.39, 0.29) is 0 Å². The maximum Gasteiger partial charge on any atom is 0.229 e. The first-order valence-electron chi connectivity index (χ1n) is 9.63. The molecule has 150 valence electrons. The van der Waals surface area contributed by atoms with E-state index in [1.165, 1.54) is 5.56 Å². The molecule has 1 aromatic heterocycles. The number of rotatable bonds is 7. The van der Waals surface area contributed by atoms with Crippen molar-refractivity contribution in [2.75, 3.05) is 19.6 Å². The molecule has 1 aliphatic rings. The third-order valence-electron chi connectivity index (χ3n) is 5.39. The summed E-state index contributed by atoms with van der Waals surface area (Å²) in [6, 6.07) is 5.67. The van der Waals surface area contributed by atoms with Gasteiger partial charge in [-0.25, -0.2) is 0 Å². The molecule has 0 radical (unpaired) electrons. The summed E-state index contributed by atoms with van der Waals surface area (Å²) >= 11 is 0. The molecule has 3 rings (SSSR count). The highest BCUT2D eigenvalue weighted by Crippen LogP contribution is 2.28. The van der Waals surface area contributed by atoms with Gasteiger partial charge in [0, 0.05) is 29.7 Å².